The number of amides is 1. The number of carbonyl (C=O) groups is 1. The standard InChI is InChI=1S/C18H20N2O4/c1-3-13(14-7-5-4-6-8-14)12-19-18(21)15-9-10-17(24-2)16(11-15)20(22)23/h4-11,13H,3,12H2,1-2H3,(H,19,21). The smallest absolute Gasteiger partial charge is 0.311 e. The van der Waals surface area contributed by atoms with E-state index >= 15 is 0 Å². The Hall–Kier alpha value is -2.89. The number of methoxy groups -OCH3 is 1. The summed E-state index contributed by atoms with van der Waals surface area (Å²) in [6.45, 7) is 2.53. The predicted octanol–water partition coefficient (Wildman–Crippen LogP) is 3.53. The van der Waals surface area contributed by atoms with Crippen LogP contribution in [0.4, 0.5) is 5.69 Å². The second kappa shape index (κ2) is 8.10. The maximum absolute atomic E-state index is 12.3. The summed E-state index contributed by atoms with van der Waals surface area (Å²) in [5, 5.41) is 13.9. The number of nitrogens with one attached hydrogen (secondary N) is 1. The van der Waals surface area contributed by atoms with E-state index in [-0.39, 0.29) is 28.8 Å². The number of nitro benzene ring substituents is 1. The zero-order valence-corrected chi connectivity index (χ0v) is 13.7. The van der Waals surface area contributed by atoms with Gasteiger partial charge in [0.15, 0.2) is 5.75 Å². The number of nitrogens with zero attached hydrogens (tertiary/aromatic N) is 1. The van der Waals surface area contributed by atoms with Crippen molar-refractivity contribution >= 4 is 11.6 Å². The van der Waals surface area contributed by atoms with Gasteiger partial charge in [0.05, 0.1) is 12.0 Å². The van der Waals surface area contributed by atoms with E-state index in [2.05, 4.69) is 12.2 Å². The minimum Gasteiger partial charge on any atom is -0.490 e. The van der Waals surface area contributed by atoms with Crippen LogP contribution in [-0.4, -0.2) is 24.5 Å². The number of hydrogen-bond acceptors (Lipinski definition) is 4. The van der Waals surface area contributed by atoms with Crippen LogP contribution in [0.2, 0.25) is 0 Å². The molecule has 0 aromatic heterocycles. The average molecular weight is 328 g/mol. The van der Waals surface area contributed by atoms with Gasteiger partial charge in [-0.3, -0.25) is 14.9 Å². The number of carbonyl (C=O) groups excluding carboxylic acids is 1. The molecule has 0 aliphatic heterocycles. The lowest BCUT2D eigenvalue weighted by Gasteiger charge is -2.16. The van der Waals surface area contributed by atoms with Gasteiger partial charge in [0.25, 0.3) is 5.91 Å². The molecule has 6 nitrogen and oxygen atoms in total. The Morgan fingerprint density at radius 2 is 1.96 bits per heavy atom. The van der Waals surface area contributed by atoms with E-state index in [0.717, 1.165) is 12.0 Å². The second-order valence-electron chi connectivity index (χ2n) is 5.37. The number of nitro groups is 1. The van der Waals surface area contributed by atoms with Gasteiger partial charge in [-0.25, -0.2) is 0 Å². The quantitative estimate of drug-likeness (QED) is 0.623. The number of rotatable bonds is 7. The van der Waals surface area contributed by atoms with E-state index in [4.69, 9.17) is 4.74 Å². The Morgan fingerprint density at radius 3 is 2.54 bits per heavy atom. The van der Waals surface area contributed by atoms with Crippen LogP contribution in [0, 0.1) is 10.1 Å². The molecule has 0 heterocycles. The number of benzene rings is 2. The molecule has 2 aromatic carbocycles. The van der Waals surface area contributed by atoms with Gasteiger partial charge in [-0.2, -0.15) is 0 Å². The molecule has 0 saturated carbocycles. The lowest BCUT2D eigenvalue weighted by atomic mass is 9.96. The molecular weight excluding hydrogens is 308 g/mol. The van der Waals surface area contributed by atoms with E-state index < -0.39 is 4.92 Å². The van der Waals surface area contributed by atoms with Gasteiger partial charge in [-0.1, -0.05) is 37.3 Å². The van der Waals surface area contributed by atoms with Crippen LogP contribution in [0.1, 0.15) is 35.2 Å². The minimum absolute atomic E-state index is 0.132. The van der Waals surface area contributed by atoms with Gasteiger partial charge in [0.1, 0.15) is 0 Å². The molecule has 0 radical (unpaired) electrons. The van der Waals surface area contributed by atoms with Crippen LogP contribution in [-0.2, 0) is 0 Å². The lowest BCUT2D eigenvalue weighted by Crippen LogP contribution is -2.28. The van der Waals surface area contributed by atoms with Crippen molar-refractivity contribution in [2.45, 2.75) is 19.3 Å². The van der Waals surface area contributed by atoms with Crippen molar-refractivity contribution in [3.8, 4) is 5.75 Å². The summed E-state index contributed by atoms with van der Waals surface area (Å²) in [5.74, 6) is -0.00853. The zero-order chi connectivity index (χ0) is 17.5. The monoisotopic (exact) mass is 328 g/mol. The summed E-state index contributed by atoms with van der Waals surface area (Å²) in [4.78, 5) is 22.8. The molecule has 24 heavy (non-hydrogen) atoms. The third-order valence-corrected chi connectivity index (χ3v) is 3.91. The molecule has 1 N–H and O–H groups in total. The Balaban J connectivity index is 2.09. The van der Waals surface area contributed by atoms with Crippen LogP contribution in [0.3, 0.4) is 0 Å². The summed E-state index contributed by atoms with van der Waals surface area (Å²) in [6, 6.07) is 14.1. The summed E-state index contributed by atoms with van der Waals surface area (Å²) in [6.07, 6.45) is 0.882. The van der Waals surface area contributed by atoms with Gasteiger partial charge in [0.2, 0.25) is 0 Å². The normalized spacial score (nSPS) is 11.6. The summed E-state index contributed by atoms with van der Waals surface area (Å²) < 4.78 is 4.94. The largest absolute Gasteiger partial charge is 0.490 e. The summed E-state index contributed by atoms with van der Waals surface area (Å²) in [5.41, 5.74) is 1.17. The van der Waals surface area contributed by atoms with Gasteiger partial charge >= 0.3 is 5.69 Å². The summed E-state index contributed by atoms with van der Waals surface area (Å²) >= 11 is 0. The molecular formula is C18H20N2O4. The average Bonchev–Trinajstić information content (AvgIpc) is 2.62. The molecule has 1 amide bonds. The molecule has 126 valence electrons. The maximum Gasteiger partial charge on any atom is 0.311 e. The van der Waals surface area contributed by atoms with Gasteiger partial charge in [-0.05, 0) is 24.1 Å². The Kier molecular flexibility index (Phi) is 5.89. The molecule has 1 unspecified atom stereocenters. The zero-order valence-electron chi connectivity index (χ0n) is 13.7. The van der Waals surface area contributed by atoms with Crippen molar-refractivity contribution in [2.75, 3.05) is 13.7 Å². The van der Waals surface area contributed by atoms with Crippen LogP contribution in [0.25, 0.3) is 0 Å². The first-order chi connectivity index (χ1) is 11.6. The van der Waals surface area contributed by atoms with Gasteiger partial charge < -0.3 is 10.1 Å². The highest BCUT2D eigenvalue weighted by atomic mass is 16.6. The van der Waals surface area contributed by atoms with Crippen molar-refractivity contribution in [3.05, 3.63) is 69.8 Å². The highest BCUT2D eigenvalue weighted by Crippen LogP contribution is 2.27. The first-order valence-corrected chi connectivity index (χ1v) is 7.72. The van der Waals surface area contributed by atoms with Crippen molar-refractivity contribution in [1.82, 2.24) is 5.32 Å². The van der Waals surface area contributed by atoms with E-state index in [1.807, 2.05) is 30.3 Å². The van der Waals surface area contributed by atoms with E-state index in [9.17, 15) is 14.9 Å². The highest BCUT2D eigenvalue weighted by Gasteiger charge is 2.19. The van der Waals surface area contributed by atoms with Crippen molar-refractivity contribution in [1.29, 1.82) is 0 Å². The molecule has 0 bridgehead atoms. The topological polar surface area (TPSA) is 81.5 Å². The third-order valence-electron chi connectivity index (χ3n) is 3.91. The SMILES string of the molecule is CCC(CNC(=O)c1ccc(OC)c([N+](=O)[O-])c1)c1ccccc1. The van der Waals surface area contributed by atoms with Gasteiger partial charge in [0, 0.05) is 24.1 Å². The fourth-order valence-corrected chi connectivity index (χ4v) is 2.51. The van der Waals surface area contributed by atoms with Crippen molar-refractivity contribution in [2.24, 2.45) is 0 Å². The fraction of sp³-hybridized carbons (Fsp3) is 0.278. The number of hydrogen-bond donors (Lipinski definition) is 1. The molecule has 2 rings (SSSR count). The molecule has 0 aliphatic rings. The first-order valence-electron chi connectivity index (χ1n) is 7.72. The highest BCUT2D eigenvalue weighted by molar-refractivity contribution is 5.95. The predicted molar refractivity (Wildman–Crippen MR) is 91.5 cm³/mol. The number of ether oxygens (including phenoxy) is 1. The molecule has 0 saturated heterocycles. The van der Waals surface area contributed by atoms with E-state index in [1.165, 1.54) is 25.3 Å². The first kappa shape index (κ1) is 17.5. The molecule has 0 fully saturated rings. The van der Waals surface area contributed by atoms with E-state index in [1.54, 1.807) is 0 Å². The van der Waals surface area contributed by atoms with Crippen LogP contribution >= 0.6 is 0 Å². The second-order valence-corrected chi connectivity index (χ2v) is 5.37. The van der Waals surface area contributed by atoms with Crippen molar-refractivity contribution in [3.63, 3.8) is 0 Å². The molecule has 6 heteroatoms. The Bertz CT molecular complexity index is 716. The van der Waals surface area contributed by atoms with Crippen molar-refractivity contribution < 1.29 is 14.5 Å². The molecule has 0 aliphatic carbocycles. The third kappa shape index (κ3) is 4.10. The Labute approximate surface area is 140 Å². The van der Waals surface area contributed by atoms with Crippen LogP contribution in [0.5, 0.6) is 5.75 Å². The molecule has 0 spiro atoms. The van der Waals surface area contributed by atoms with Crippen LogP contribution in [0.15, 0.2) is 48.5 Å². The van der Waals surface area contributed by atoms with E-state index in [0.29, 0.717) is 6.54 Å². The van der Waals surface area contributed by atoms with Gasteiger partial charge in [-0.15, -0.1) is 0 Å². The maximum atomic E-state index is 12.3. The molecule has 1 atom stereocenters. The Morgan fingerprint density at radius 1 is 1.25 bits per heavy atom. The molecule has 2 aromatic rings. The minimum atomic E-state index is -0.561. The summed E-state index contributed by atoms with van der Waals surface area (Å²) in [7, 11) is 1.35. The lowest BCUT2D eigenvalue weighted by molar-refractivity contribution is -0.385. The fourth-order valence-electron chi connectivity index (χ4n) is 2.51. The van der Waals surface area contributed by atoms with Crippen LogP contribution < -0.4 is 10.1 Å².